The molecule has 0 saturated heterocycles. The number of fused-ring (bicyclic) bond motifs is 1. The summed E-state index contributed by atoms with van der Waals surface area (Å²) in [6.45, 7) is 0.604. The van der Waals surface area contributed by atoms with E-state index in [2.05, 4.69) is 9.84 Å². The second-order valence-corrected chi connectivity index (χ2v) is 7.33. The molecule has 0 saturated carbocycles. The summed E-state index contributed by atoms with van der Waals surface area (Å²) >= 11 is 0. The topological polar surface area (TPSA) is 64.4 Å². The number of aryl methyl sites for hydroxylation is 2. The molecule has 1 aromatic heterocycles. The second-order valence-electron chi connectivity index (χ2n) is 7.33. The van der Waals surface area contributed by atoms with Crippen LogP contribution in [0, 0.1) is 13.8 Å². The fraction of sp³-hybridized carbons (Fsp3) is 0.261. The number of ketones is 1. The van der Waals surface area contributed by atoms with Crippen molar-refractivity contribution in [3.8, 4) is 11.4 Å². The van der Waals surface area contributed by atoms with Crippen LogP contribution < -0.4 is 9.64 Å². The van der Waals surface area contributed by atoms with E-state index in [1.54, 1.807) is 30.7 Å². The van der Waals surface area contributed by atoms with Crippen molar-refractivity contribution in [2.45, 2.75) is 33.3 Å². The SMILES string of the molecule is Cc1nn(-c2ccccc2)c(C)c1C(=O)C(=O)N1CCCc2cccc(OC(F)F)c21. The lowest BCUT2D eigenvalue weighted by Crippen LogP contribution is -2.40. The van der Waals surface area contributed by atoms with Gasteiger partial charge in [0.15, 0.2) is 0 Å². The van der Waals surface area contributed by atoms with Gasteiger partial charge in [-0.3, -0.25) is 9.59 Å². The molecule has 3 aromatic rings. The highest BCUT2D eigenvalue weighted by molar-refractivity contribution is 6.47. The highest BCUT2D eigenvalue weighted by atomic mass is 19.3. The zero-order valence-corrected chi connectivity index (χ0v) is 17.1. The maximum Gasteiger partial charge on any atom is 0.387 e. The maximum absolute atomic E-state index is 13.2. The van der Waals surface area contributed by atoms with Crippen molar-refractivity contribution in [1.29, 1.82) is 0 Å². The first-order valence-corrected chi connectivity index (χ1v) is 9.93. The molecule has 2 aromatic carbocycles. The van der Waals surface area contributed by atoms with Crippen LogP contribution in [0.4, 0.5) is 14.5 Å². The van der Waals surface area contributed by atoms with Gasteiger partial charge in [-0.15, -0.1) is 0 Å². The van der Waals surface area contributed by atoms with Crippen LogP contribution in [0.25, 0.3) is 5.69 Å². The molecule has 0 atom stereocenters. The van der Waals surface area contributed by atoms with Gasteiger partial charge >= 0.3 is 6.61 Å². The van der Waals surface area contributed by atoms with Crippen molar-refractivity contribution < 1.29 is 23.1 Å². The minimum atomic E-state index is -3.03. The minimum Gasteiger partial charge on any atom is -0.433 e. The van der Waals surface area contributed by atoms with E-state index in [0.29, 0.717) is 29.8 Å². The largest absolute Gasteiger partial charge is 0.433 e. The third-order valence-electron chi connectivity index (χ3n) is 5.35. The Hall–Kier alpha value is -3.55. The number of aromatic nitrogens is 2. The number of carbonyl (C=O) groups is 2. The number of halogens is 2. The highest BCUT2D eigenvalue weighted by Gasteiger charge is 2.34. The lowest BCUT2D eigenvalue weighted by Gasteiger charge is -2.30. The fourth-order valence-electron chi connectivity index (χ4n) is 4.03. The van der Waals surface area contributed by atoms with Crippen LogP contribution in [0.2, 0.25) is 0 Å². The van der Waals surface area contributed by atoms with E-state index in [9.17, 15) is 18.4 Å². The van der Waals surface area contributed by atoms with Crippen LogP contribution in [0.1, 0.15) is 33.7 Å². The summed E-state index contributed by atoms with van der Waals surface area (Å²) < 4.78 is 32.1. The molecule has 4 rings (SSSR count). The van der Waals surface area contributed by atoms with Crippen molar-refractivity contribution in [1.82, 2.24) is 9.78 Å². The Balaban J connectivity index is 1.72. The van der Waals surface area contributed by atoms with Crippen LogP contribution in [-0.4, -0.2) is 34.6 Å². The first-order chi connectivity index (χ1) is 14.9. The Morgan fingerprint density at radius 3 is 2.52 bits per heavy atom. The number of carbonyl (C=O) groups excluding carboxylic acids is 2. The molecule has 1 aliphatic rings. The van der Waals surface area contributed by atoms with E-state index in [4.69, 9.17) is 0 Å². The zero-order chi connectivity index (χ0) is 22.1. The average Bonchev–Trinajstić information content (AvgIpc) is 3.06. The predicted octanol–water partition coefficient (Wildman–Crippen LogP) is 4.25. The summed E-state index contributed by atoms with van der Waals surface area (Å²) in [7, 11) is 0. The molecule has 2 heterocycles. The molecule has 0 fully saturated rings. The van der Waals surface area contributed by atoms with Gasteiger partial charge in [-0.2, -0.15) is 13.9 Å². The molecule has 1 aliphatic heterocycles. The van der Waals surface area contributed by atoms with Crippen molar-refractivity contribution in [2.75, 3.05) is 11.4 Å². The number of hydrogen-bond acceptors (Lipinski definition) is 4. The molecule has 31 heavy (non-hydrogen) atoms. The second kappa shape index (κ2) is 8.29. The lowest BCUT2D eigenvalue weighted by atomic mass is 9.99. The van der Waals surface area contributed by atoms with Gasteiger partial charge in [0.25, 0.3) is 11.7 Å². The molecule has 0 spiro atoms. The van der Waals surface area contributed by atoms with Gasteiger partial charge in [0.1, 0.15) is 5.75 Å². The number of ether oxygens (including phenoxy) is 1. The third-order valence-corrected chi connectivity index (χ3v) is 5.35. The molecule has 160 valence electrons. The van der Waals surface area contributed by atoms with Crippen LogP contribution in [0.5, 0.6) is 5.75 Å². The summed E-state index contributed by atoms with van der Waals surface area (Å²) in [6.07, 6.45) is 1.23. The molecule has 0 bridgehead atoms. The molecule has 6 nitrogen and oxygen atoms in total. The van der Waals surface area contributed by atoms with Crippen molar-refractivity contribution in [3.63, 3.8) is 0 Å². The van der Waals surface area contributed by atoms with Crippen molar-refractivity contribution in [2.24, 2.45) is 0 Å². The van der Waals surface area contributed by atoms with Gasteiger partial charge in [-0.25, -0.2) is 4.68 Å². The first-order valence-electron chi connectivity index (χ1n) is 9.93. The van der Waals surface area contributed by atoms with Gasteiger partial charge in [-0.1, -0.05) is 30.3 Å². The summed E-state index contributed by atoms with van der Waals surface area (Å²) in [6, 6.07) is 14.0. The number of Topliss-reactive ketones (excluding diaryl/α,β-unsaturated/α-hetero) is 1. The average molecular weight is 425 g/mol. The number of amides is 1. The van der Waals surface area contributed by atoms with Gasteiger partial charge in [-0.05, 0) is 50.5 Å². The molecule has 0 N–H and O–H groups in total. The third kappa shape index (κ3) is 3.81. The Bertz CT molecular complexity index is 1140. The molecular weight excluding hydrogens is 404 g/mol. The Morgan fingerprint density at radius 2 is 1.81 bits per heavy atom. The van der Waals surface area contributed by atoms with E-state index >= 15 is 0 Å². The minimum absolute atomic E-state index is 0.109. The van der Waals surface area contributed by atoms with Crippen LogP contribution in [0.15, 0.2) is 48.5 Å². The standard InChI is InChI=1S/C23H21F2N3O3/c1-14-19(15(2)28(26-14)17-10-4-3-5-11-17)21(29)22(30)27-13-7-9-16-8-6-12-18(20(16)27)31-23(24)25/h3-6,8,10-12,23H,7,9,13H2,1-2H3. The highest BCUT2D eigenvalue weighted by Crippen LogP contribution is 2.37. The van der Waals surface area contributed by atoms with Gasteiger partial charge in [0, 0.05) is 6.54 Å². The van der Waals surface area contributed by atoms with Gasteiger partial charge in [0.2, 0.25) is 0 Å². The number of rotatable bonds is 5. The number of anilines is 1. The van der Waals surface area contributed by atoms with Crippen molar-refractivity contribution in [3.05, 3.63) is 71.0 Å². The molecule has 0 radical (unpaired) electrons. The van der Waals surface area contributed by atoms with E-state index in [1.807, 2.05) is 30.3 Å². The number of hydrogen-bond donors (Lipinski definition) is 0. The number of nitrogens with zero attached hydrogens (tertiary/aromatic N) is 3. The Kier molecular flexibility index (Phi) is 5.54. The number of para-hydroxylation sites is 2. The summed E-state index contributed by atoms with van der Waals surface area (Å²) in [5.74, 6) is -1.62. The van der Waals surface area contributed by atoms with Gasteiger partial charge in [0.05, 0.1) is 28.3 Å². The van der Waals surface area contributed by atoms with Crippen LogP contribution in [-0.2, 0) is 11.2 Å². The fourth-order valence-corrected chi connectivity index (χ4v) is 4.03. The lowest BCUT2D eigenvalue weighted by molar-refractivity contribution is -0.114. The Morgan fingerprint density at radius 1 is 1.06 bits per heavy atom. The van der Waals surface area contributed by atoms with Crippen molar-refractivity contribution >= 4 is 17.4 Å². The summed E-state index contributed by atoms with van der Waals surface area (Å²) in [5, 5.41) is 4.43. The van der Waals surface area contributed by atoms with E-state index in [1.165, 1.54) is 11.0 Å². The van der Waals surface area contributed by atoms with Crippen LogP contribution >= 0.6 is 0 Å². The molecular formula is C23H21F2N3O3. The first kappa shape index (κ1) is 20.7. The monoisotopic (exact) mass is 425 g/mol. The van der Waals surface area contributed by atoms with Crippen LogP contribution in [0.3, 0.4) is 0 Å². The summed E-state index contributed by atoms with van der Waals surface area (Å²) in [5.41, 5.74) is 2.88. The quantitative estimate of drug-likeness (QED) is 0.453. The zero-order valence-electron chi connectivity index (χ0n) is 17.1. The molecule has 1 amide bonds. The summed E-state index contributed by atoms with van der Waals surface area (Å²) in [4.78, 5) is 27.7. The van der Waals surface area contributed by atoms with Gasteiger partial charge < -0.3 is 9.64 Å². The van der Waals surface area contributed by atoms with E-state index in [-0.39, 0.29) is 23.5 Å². The number of alkyl halides is 2. The smallest absolute Gasteiger partial charge is 0.387 e. The van der Waals surface area contributed by atoms with E-state index in [0.717, 1.165) is 5.69 Å². The molecule has 0 aliphatic carbocycles. The maximum atomic E-state index is 13.2. The number of benzene rings is 2. The Labute approximate surface area is 178 Å². The normalized spacial score (nSPS) is 13.3. The van der Waals surface area contributed by atoms with E-state index < -0.39 is 18.3 Å². The molecule has 0 unspecified atom stereocenters. The molecule has 8 heteroatoms. The predicted molar refractivity (Wildman–Crippen MR) is 111 cm³/mol.